The van der Waals surface area contributed by atoms with Crippen LogP contribution in [0.5, 0.6) is 11.5 Å². The highest BCUT2D eigenvalue weighted by Crippen LogP contribution is 2.33. The molecule has 0 radical (unpaired) electrons. The number of hydrogen-bond donors (Lipinski definition) is 2. The third-order valence-electron chi connectivity index (χ3n) is 5.49. The van der Waals surface area contributed by atoms with Crippen molar-refractivity contribution in [2.45, 2.75) is 20.8 Å². The Morgan fingerprint density at radius 1 is 1.03 bits per heavy atom. The first-order valence-electron chi connectivity index (χ1n) is 10.4. The van der Waals surface area contributed by atoms with Crippen LogP contribution in [0.4, 0.5) is 5.69 Å². The van der Waals surface area contributed by atoms with Crippen LogP contribution in [-0.4, -0.2) is 22.8 Å². The van der Waals surface area contributed by atoms with E-state index in [2.05, 4.69) is 21.7 Å². The predicted octanol–water partition coefficient (Wildman–Crippen LogP) is 5.28. The SMILES string of the molecule is Cc1cc(C)c2oc(-c3cccc(NC(=S)NC(=O)c4ccc5c(c4)OCO5)c3C)nc2c1. The van der Waals surface area contributed by atoms with Gasteiger partial charge in [-0.25, -0.2) is 4.98 Å². The van der Waals surface area contributed by atoms with E-state index in [9.17, 15) is 4.79 Å². The van der Waals surface area contributed by atoms with Crippen molar-refractivity contribution >= 4 is 40.0 Å². The number of thiocarbonyl (C=S) groups is 1. The first kappa shape index (κ1) is 21.0. The van der Waals surface area contributed by atoms with Gasteiger partial charge in [0.05, 0.1) is 0 Å². The monoisotopic (exact) mass is 459 g/mol. The zero-order valence-corrected chi connectivity index (χ0v) is 19.1. The Balaban J connectivity index is 1.35. The van der Waals surface area contributed by atoms with E-state index in [-0.39, 0.29) is 17.8 Å². The molecule has 1 aromatic heterocycles. The summed E-state index contributed by atoms with van der Waals surface area (Å²) in [4.78, 5) is 17.3. The number of anilines is 1. The minimum atomic E-state index is -0.343. The van der Waals surface area contributed by atoms with E-state index in [0.29, 0.717) is 23.0 Å². The normalized spacial score (nSPS) is 12.1. The third-order valence-corrected chi connectivity index (χ3v) is 5.70. The van der Waals surface area contributed by atoms with Gasteiger partial charge in [-0.2, -0.15) is 0 Å². The van der Waals surface area contributed by atoms with Gasteiger partial charge in [0.2, 0.25) is 12.7 Å². The van der Waals surface area contributed by atoms with Crippen molar-refractivity contribution < 1.29 is 18.7 Å². The molecule has 33 heavy (non-hydrogen) atoms. The number of aryl methyl sites for hydroxylation is 2. The maximum absolute atomic E-state index is 12.6. The number of nitrogens with zero attached hydrogens (tertiary/aromatic N) is 1. The van der Waals surface area contributed by atoms with Crippen LogP contribution < -0.4 is 20.1 Å². The molecule has 0 fully saturated rings. The molecule has 7 nitrogen and oxygen atoms in total. The second-order valence-corrected chi connectivity index (χ2v) is 8.31. The lowest BCUT2D eigenvalue weighted by molar-refractivity contribution is 0.0977. The van der Waals surface area contributed by atoms with Crippen molar-refractivity contribution in [3.8, 4) is 23.0 Å². The molecule has 0 atom stereocenters. The first-order valence-corrected chi connectivity index (χ1v) is 10.8. The topological polar surface area (TPSA) is 85.6 Å². The number of benzene rings is 3. The Labute approximate surface area is 195 Å². The summed E-state index contributed by atoms with van der Waals surface area (Å²) in [5.41, 5.74) is 6.70. The van der Waals surface area contributed by atoms with E-state index in [1.165, 1.54) is 0 Å². The smallest absolute Gasteiger partial charge is 0.257 e. The number of carbonyl (C=O) groups excluding carboxylic acids is 1. The maximum Gasteiger partial charge on any atom is 0.257 e. The first-order chi connectivity index (χ1) is 15.9. The lowest BCUT2D eigenvalue weighted by Crippen LogP contribution is -2.34. The Bertz CT molecular complexity index is 1430. The highest BCUT2D eigenvalue weighted by atomic mass is 32.1. The molecule has 8 heteroatoms. The molecule has 0 aliphatic carbocycles. The Kier molecular flexibility index (Phi) is 5.22. The summed E-state index contributed by atoms with van der Waals surface area (Å²) in [5, 5.41) is 5.99. The average Bonchev–Trinajstić information content (AvgIpc) is 3.41. The highest BCUT2D eigenvalue weighted by Gasteiger charge is 2.18. The molecule has 2 heterocycles. The molecule has 0 spiro atoms. The number of hydrogen-bond acceptors (Lipinski definition) is 6. The van der Waals surface area contributed by atoms with Crippen molar-refractivity contribution in [3.63, 3.8) is 0 Å². The maximum atomic E-state index is 12.6. The lowest BCUT2D eigenvalue weighted by Gasteiger charge is -2.13. The zero-order chi connectivity index (χ0) is 23.1. The molecule has 2 N–H and O–H groups in total. The second kappa shape index (κ2) is 8.22. The molecule has 1 aliphatic heterocycles. The lowest BCUT2D eigenvalue weighted by atomic mass is 10.1. The van der Waals surface area contributed by atoms with Crippen LogP contribution >= 0.6 is 12.2 Å². The van der Waals surface area contributed by atoms with Gasteiger partial charge in [0.1, 0.15) is 5.52 Å². The summed E-state index contributed by atoms with van der Waals surface area (Å²) < 4.78 is 16.7. The fourth-order valence-corrected chi connectivity index (χ4v) is 4.06. The number of amides is 1. The number of ether oxygens (including phenoxy) is 2. The number of aromatic nitrogens is 1. The molecule has 1 aliphatic rings. The molecule has 1 amide bonds. The number of oxazole rings is 1. The zero-order valence-electron chi connectivity index (χ0n) is 18.3. The summed E-state index contributed by atoms with van der Waals surface area (Å²) in [5.74, 6) is 1.35. The van der Waals surface area contributed by atoms with Crippen LogP contribution in [0.15, 0.2) is 52.9 Å². The van der Waals surface area contributed by atoms with E-state index >= 15 is 0 Å². The number of rotatable bonds is 3. The fourth-order valence-electron chi connectivity index (χ4n) is 3.86. The van der Waals surface area contributed by atoms with Gasteiger partial charge in [-0.15, -0.1) is 0 Å². The van der Waals surface area contributed by atoms with Crippen LogP contribution in [0, 0.1) is 20.8 Å². The van der Waals surface area contributed by atoms with Crippen LogP contribution in [0.3, 0.4) is 0 Å². The number of carbonyl (C=O) groups is 1. The molecule has 0 saturated heterocycles. The summed E-state index contributed by atoms with van der Waals surface area (Å²) in [7, 11) is 0. The van der Waals surface area contributed by atoms with Gasteiger partial charge in [-0.3, -0.25) is 10.1 Å². The van der Waals surface area contributed by atoms with E-state index in [4.69, 9.17) is 26.1 Å². The van der Waals surface area contributed by atoms with Crippen LogP contribution in [0.1, 0.15) is 27.0 Å². The van der Waals surface area contributed by atoms with Gasteiger partial charge in [-0.05, 0) is 86.1 Å². The molecular formula is C25H21N3O4S. The standard InChI is InChI=1S/C25H21N3O4S/c1-13-9-14(2)22-19(10-13)26-24(32-22)17-5-4-6-18(15(17)3)27-25(33)28-23(29)16-7-8-20-21(11-16)31-12-30-20/h4-11H,12H2,1-3H3,(H2,27,28,29,33). The molecular weight excluding hydrogens is 438 g/mol. The van der Waals surface area contributed by atoms with E-state index in [0.717, 1.165) is 39.0 Å². The van der Waals surface area contributed by atoms with Gasteiger partial charge < -0.3 is 19.2 Å². The molecule has 0 bridgehead atoms. The van der Waals surface area contributed by atoms with Crippen LogP contribution in [0.2, 0.25) is 0 Å². The summed E-state index contributed by atoms with van der Waals surface area (Å²) >= 11 is 5.38. The Morgan fingerprint density at radius 3 is 2.70 bits per heavy atom. The van der Waals surface area contributed by atoms with Crippen LogP contribution in [-0.2, 0) is 0 Å². The van der Waals surface area contributed by atoms with E-state index in [1.807, 2.05) is 45.0 Å². The van der Waals surface area contributed by atoms with Gasteiger partial charge >= 0.3 is 0 Å². The van der Waals surface area contributed by atoms with E-state index in [1.54, 1.807) is 18.2 Å². The minimum Gasteiger partial charge on any atom is -0.454 e. The minimum absolute atomic E-state index is 0.148. The fraction of sp³-hybridized carbons (Fsp3) is 0.160. The molecule has 0 saturated carbocycles. The summed E-state index contributed by atoms with van der Waals surface area (Å²) in [6, 6.07) is 14.8. The van der Waals surface area contributed by atoms with E-state index < -0.39 is 0 Å². The Morgan fingerprint density at radius 2 is 1.85 bits per heavy atom. The van der Waals surface area contributed by atoms with Gasteiger partial charge in [0.15, 0.2) is 22.2 Å². The molecule has 0 unspecified atom stereocenters. The molecule has 4 aromatic rings. The van der Waals surface area contributed by atoms with Gasteiger partial charge in [0.25, 0.3) is 5.91 Å². The molecule has 166 valence electrons. The molecule has 5 rings (SSSR count). The van der Waals surface area contributed by atoms with Gasteiger partial charge in [-0.1, -0.05) is 12.1 Å². The van der Waals surface area contributed by atoms with Crippen molar-refractivity contribution in [1.29, 1.82) is 0 Å². The van der Waals surface area contributed by atoms with Crippen molar-refractivity contribution in [2.75, 3.05) is 12.1 Å². The second-order valence-electron chi connectivity index (χ2n) is 7.90. The van der Waals surface area contributed by atoms with Crippen molar-refractivity contribution in [2.24, 2.45) is 0 Å². The summed E-state index contributed by atoms with van der Waals surface area (Å²) in [6.45, 7) is 6.15. The van der Waals surface area contributed by atoms with Crippen LogP contribution in [0.25, 0.3) is 22.6 Å². The quantitative estimate of drug-likeness (QED) is 0.403. The van der Waals surface area contributed by atoms with Crippen molar-refractivity contribution in [1.82, 2.24) is 10.3 Å². The summed E-state index contributed by atoms with van der Waals surface area (Å²) in [6.07, 6.45) is 0. The predicted molar refractivity (Wildman–Crippen MR) is 130 cm³/mol. The number of nitrogens with one attached hydrogen (secondary N) is 2. The highest BCUT2D eigenvalue weighted by molar-refractivity contribution is 7.80. The largest absolute Gasteiger partial charge is 0.454 e. The molecule has 3 aromatic carbocycles. The van der Waals surface area contributed by atoms with Crippen molar-refractivity contribution in [3.05, 3.63) is 70.8 Å². The third kappa shape index (κ3) is 4.01. The number of fused-ring (bicyclic) bond motifs is 2. The Hall–Kier alpha value is -3.91. The van der Waals surface area contributed by atoms with Gasteiger partial charge in [0, 0.05) is 16.8 Å². The average molecular weight is 460 g/mol.